The largest absolute Gasteiger partial charge is 2.00 e. The minimum Gasteiger partial charge on any atom is -1.00 e. The van der Waals surface area contributed by atoms with Gasteiger partial charge in [0.25, 0.3) is 0 Å². The van der Waals surface area contributed by atoms with E-state index in [1.54, 1.807) is 0 Å². The summed E-state index contributed by atoms with van der Waals surface area (Å²) < 4.78 is 5.39. The second-order valence-corrected chi connectivity index (χ2v) is 4.60. The van der Waals surface area contributed by atoms with Gasteiger partial charge in [-0.2, -0.15) is 0 Å². The molecule has 10 heavy (non-hydrogen) atoms. The average molecular weight is 193 g/mol. The van der Waals surface area contributed by atoms with E-state index in [2.05, 4.69) is 26.9 Å². The minimum atomic E-state index is -0.728. The van der Waals surface area contributed by atoms with Crippen LogP contribution in [0.1, 0.15) is 13.8 Å². The van der Waals surface area contributed by atoms with Crippen LogP contribution in [0.15, 0.2) is 0 Å². The molecule has 0 fully saturated rings. The molecule has 0 radical (unpaired) electrons. The summed E-state index contributed by atoms with van der Waals surface area (Å²) in [6, 6.07) is 0. The molecule has 0 aromatic carbocycles. The van der Waals surface area contributed by atoms with Crippen LogP contribution in [0.2, 0.25) is 13.1 Å². The third-order valence-corrected chi connectivity index (χ3v) is 1.63. The van der Waals surface area contributed by atoms with Gasteiger partial charge in [-0.3, -0.25) is 0 Å². The van der Waals surface area contributed by atoms with E-state index < -0.39 is 9.04 Å². The molecular formula is C6H17ClMgOSi. The SMILES string of the molecule is CC(C)O[SiH](C)C.[CH3-].[Cl-].[Mg+2]. The maximum atomic E-state index is 5.39. The molecule has 0 saturated carbocycles. The summed E-state index contributed by atoms with van der Waals surface area (Å²) in [5.41, 5.74) is 0. The third kappa shape index (κ3) is 22.9. The van der Waals surface area contributed by atoms with Crippen molar-refractivity contribution in [1.82, 2.24) is 0 Å². The van der Waals surface area contributed by atoms with Gasteiger partial charge in [-0.25, -0.2) is 0 Å². The quantitative estimate of drug-likeness (QED) is 0.382. The van der Waals surface area contributed by atoms with Crippen molar-refractivity contribution in [3.8, 4) is 0 Å². The zero-order valence-electron chi connectivity index (χ0n) is 7.65. The summed E-state index contributed by atoms with van der Waals surface area (Å²) >= 11 is 0. The van der Waals surface area contributed by atoms with Crippen molar-refractivity contribution in [2.45, 2.75) is 33.0 Å². The Kier molecular flexibility index (Phi) is 28.9. The van der Waals surface area contributed by atoms with E-state index in [1.165, 1.54) is 0 Å². The molecule has 0 aromatic rings. The smallest absolute Gasteiger partial charge is 1.00 e. The van der Waals surface area contributed by atoms with Crippen LogP contribution in [-0.4, -0.2) is 38.2 Å². The fourth-order valence-corrected chi connectivity index (χ4v) is 1.63. The van der Waals surface area contributed by atoms with Gasteiger partial charge in [0.15, 0.2) is 9.04 Å². The maximum absolute atomic E-state index is 5.39. The standard InChI is InChI=1S/C5H14OSi.CH3.ClH.Mg/c1-5(2)6-7(3)4;;;/h5,7H,1-4H3;1H3;1H;/q;-1;;+2/p-1. The van der Waals surface area contributed by atoms with Gasteiger partial charge in [-0.1, -0.05) is 0 Å². The van der Waals surface area contributed by atoms with Crippen molar-refractivity contribution in [3.05, 3.63) is 7.43 Å². The van der Waals surface area contributed by atoms with Crippen LogP contribution in [0, 0.1) is 7.43 Å². The molecule has 0 N–H and O–H groups in total. The third-order valence-electron chi connectivity index (χ3n) is 0.544. The molecule has 1 nitrogen and oxygen atoms in total. The molecule has 0 aromatic heterocycles. The summed E-state index contributed by atoms with van der Waals surface area (Å²) in [5.74, 6) is 0. The van der Waals surface area contributed by atoms with Crippen molar-refractivity contribution in [1.29, 1.82) is 0 Å². The Labute approximate surface area is 89.2 Å². The second kappa shape index (κ2) is 12.9. The van der Waals surface area contributed by atoms with Gasteiger partial charge in [0, 0.05) is 6.10 Å². The number of rotatable bonds is 2. The Morgan fingerprint density at radius 2 is 1.50 bits per heavy atom. The first-order valence-corrected chi connectivity index (χ1v) is 5.56. The molecule has 4 heteroatoms. The predicted molar refractivity (Wildman–Crippen MR) is 47.3 cm³/mol. The molecule has 0 spiro atoms. The van der Waals surface area contributed by atoms with Crippen molar-refractivity contribution < 1.29 is 16.8 Å². The van der Waals surface area contributed by atoms with E-state index >= 15 is 0 Å². The topological polar surface area (TPSA) is 9.23 Å². The fourth-order valence-electron chi connectivity index (χ4n) is 0.544. The van der Waals surface area contributed by atoms with Crippen LogP contribution < -0.4 is 12.4 Å². The first-order chi connectivity index (χ1) is 3.13. The molecule has 0 aliphatic rings. The monoisotopic (exact) mass is 192 g/mol. The summed E-state index contributed by atoms with van der Waals surface area (Å²) in [4.78, 5) is 0. The van der Waals surface area contributed by atoms with Crippen LogP contribution in [0.3, 0.4) is 0 Å². The molecule has 60 valence electrons. The van der Waals surface area contributed by atoms with Gasteiger partial charge < -0.3 is 24.3 Å². The van der Waals surface area contributed by atoms with Gasteiger partial charge >= 0.3 is 23.1 Å². The summed E-state index contributed by atoms with van der Waals surface area (Å²) in [7, 11) is -0.728. The predicted octanol–water partition coefficient (Wildman–Crippen LogP) is -1.53. The van der Waals surface area contributed by atoms with Crippen LogP contribution in [0.5, 0.6) is 0 Å². The molecule has 0 aliphatic carbocycles. The molecular weight excluding hydrogens is 176 g/mol. The minimum absolute atomic E-state index is 0. The summed E-state index contributed by atoms with van der Waals surface area (Å²) in [6.45, 7) is 8.51. The molecule has 0 heterocycles. The molecule has 0 rings (SSSR count). The van der Waals surface area contributed by atoms with Crippen LogP contribution in [0.4, 0.5) is 0 Å². The molecule has 0 saturated heterocycles. The van der Waals surface area contributed by atoms with Gasteiger partial charge in [-0.15, -0.1) is 0 Å². The summed E-state index contributed by atoms with van der Waals surface area (Å²) in [5, 5.41) is 0. The number of hydrogen-bond donors (Lipinski definition) is 0. The van der Waals surface area contributed by atoms with Crippen molar-refractivity contribution in [3.63, 3.8) is 0 Å². The first-order valence-electron chi connectivity index (χ1n) is 2.78. The van der Waals surface area contributed by atoms with Gasteiger partial charge in [0.2, 0.25) is 0 Å². The zero-order valence-corrected chi connectivity index (χ0v) is 11.0. The van der Waals surface area contributed by atoms with Crippen LogP contribution in [0.25, 0.3) is 0 Å². The van der Waals surface area contributed by atoms with Crippen LogP contribution >= 0.6 is 0 Å². The van der Waals surface area contributed by atoms with Gasteiger partial charge in [-0.05, 0) is 26.9 Å². The van der Waals surface area contributed by atoms with Crippen molar-refractivity contribution >= 4 is 32.1 Å². The first kappa shape index (κ1) is 22.5. The van der Waals surface area contributed by atoms with E-state index in [0.717, 1.165) is 0 Å². The van der Waals surface area contributed by atoms with Crippen molar-refractivity contribution in [2.75, 3.05) is 0 Å². The van der Waals surface area contributed by atoms with E-state index in [9.17, 15) is 0 Å². The Morgan fingerprint density at radius 1 is 1.20 bits per heavy atom. The molecule has 0 unspecified atom stereocenters. The van der Waals surface area contributed by atoms with E-state index in [-0.39, 0.29) is 42.9 Å². The molecule has 0 atom stereocenters. The Morgan fingerprint density at radius 3 is 1.50 bits per heavy atom. The van der Waals surface area contributed by atoms with E-state index in [1.807, 2.05) is 0 Å². The van der Waals surface area contributed by atoms with Gasteiger partial charge in [0.1, 0.15) is 0 Å². The zero-order chi connectivity index (χ0) is 5.86. The van der Waals surface area contributed by atoms with Crippen molar-refractivity contribution in [2.24, 2.45) is 0 Å². The molecule has 0 bridgehead atoms. The number of halogens is 1. The maximum Gasteiger partial charge on any atom is 2.00 e. The van der Waals surface area contributed by atoms with E-state index in [0.29, 0.717) is 6.10 Å². The molecule has 0 amide bonds. The van der Waals surface area contributed by atoms with E-state index in [4.69, 9.17) is 4.43 Å². The Bertz CT molecular complexity index is 47.0. The fraction of sp³-hybridized carbons (Fsp3) is 0.833. The molecule has 0 aliphatic heterocycles. The Hall–Kier alpha value is 1.23. The average Bonchev–Trinajstić information content (AvgIpc) is 1.27. The normalized spacial score (nSPS) is 7.80. The van der Waals surface area contributed by atoms with Crippen LogP contribution in [-0.2, 0) is 4.43 Å². The van der Waals surface area contributed by atoms with Gasteiger partial charge in [0.05, 0.1) is 0 Å². The second-order valence-electron chi connectivity index (χ2n) is 2.23. The number of hydrogen-bond acceptors (Lipinski definition) is 1. The summed E-state index contributed by atoms with van der Waals surface area (Å²) in [6.07, 6.45) is 0.437. The Balaban J connectivity index is -0.0000000600.